The van der Waals surface area contributed by atoms with Crippen LogP contribution in [0.4, 0.5) is 0 Å². The van der Waals surface area contributed by atoms with Gasteiger partial charge in [0.1, 0.15) is 5.78 Å². The second-order valence-corrected chi connectivity index (χ2v) is 6.84. The Bertz CT molecular complexity index is 315. The minimum Gasteiger partial charge on any atom is -0.393 e. The summed E-state index contributed by atoms with van der Waals surface area (Å²) in [5.74, 6) is 1.15. The molecule has 5 atom stereocenters. The lowest BCUT2D eigenvalue weighted by atomic mass is 9.70. The molecule has 2 fully saturated rings. The van der Waals surface area contributed by atoms with Gasteiger partial charge < -0.3 is 10.2 Å². The van der Waals surface area contributed by atoms with Crippen LogP contribution in [-0.4, -0.2) is 28.2 Å². The normalized spacial score (nSPS) is 33.9. The molecule has 0 saturated heterocycles. The van der Waals surface area contributed by atoms with Gasteiger partial charge in [-0.3, -0.25) is 4.79 Å². The van der Waals surface area contributed by atoms with Crippen LogP contribution in [0.25, 0.3) is 0 Å². The number of carbonyl (C=O) groups is 1. The van der Waals surface area contributed by atoms with Crippen molar-refractivity contribution in [3.63, 3.8) is 0 Å². The van der Waals surface area contributed by atoms with E-state index in [1.807, 2.05) is 0 Å². The molecule has 0 bridgehead atoms. The molecule has 2 aliphatic rings. The molecule has 3 nitrogen and oxygen atoms in total. The van der Waals surface area contributed by atoms with Crippen LogP contribution in [0.5, 0.6) is 0 Å². The molecule has 2 N–H and O–H groups in total. The average molecular weight is 282 g/mol. The van der Waals surface area contributed by atoms with Crippen LogP contribution in [0.3, 0.4) is 0 Å². The third-order valence-corrected chi connectivity index (χ3v) is 5.38. The molecule has 2 aliphatic carbocycles. The van der Waals surface area contributed by atoms with Gasteiger partial charge in [0.15, 0.2) is 0 Å². The summed E-state index contributed by atoms with van der Waals surface area (Å²) in [5.41, 5.74) is 0. The highest BCUT2D eigenvalue weighted by molar-refractivity contribution is 5.88. The fraction of sp³-hybridized carbons (Fsp3) is 0.941. The van der Waals surface area contributed by atoms with E-state index in [1.165, 1.54) is 25.7 Å². The molecule has 0 heterocycles. The van der Waals surface area contributed by atoms with Crippen LogP contribution in [-0.2, 0) is 4.79 Å². The smallest absolute Gasteiger partial charge is 0.136 e. The van der Waals surface area contributed by atoms with Crippen LogP contribution in [0.2, 0.25) is 0 Å². The number of hydrogen-bond acceptors (Lipinski definition) is 3. The summed E-state index contributed by atoms with van der Waals surface area (Å²) < 4.78 is 0. The van der Waals surface area contributed by atoms with Gasteiger partial charge in [-0.2, -0.15) is 0 Å². The van der Waals surface area contributed by atoms with E-state index in [0.29, 0.717) is 24.5 Å². The molecule has 0 amide bonds. The minimum absolute atomic E-state index is 0.140. The summed E-state index contributed by atoms with van der Waals surface area (Å²) in [6.07, 6.45) is 9.50. The van der Waals surface area contributed by atoms with Crippen molar-refractivity contribution in [3.8, 4) is 0 Å². The van der Waals surface area contributed by atoms with E-state index in [2.05, 4.69) is 6.92 Å². The van der Waals surface area contributed by atoms with Crippen molar-refractivity contribution >= 4 is 5.78 Å². The Morgan fingerprint density at radius 3 is 2.60 bits per heavy atom. The van der Waals surface area contributed by atoms with E-state index in [-0.39, 0.29) is 24.0 Å². The molecule has 3 heteroatoms. The minimum atomic E-state index is -0.312. The molecule has 0 aromatic rings. The lowest BCUT2D eigenvalue weighted by molar-refractivity contribution is -0.133. The summed E-state index contributed by atoms with van der Waals surface area (Å²) in [6, 6.07) is 0. The summed E-state index contributed by atoms with van der Waals surface area (Å²) >= 11 is 0. The van der Waals surface area contributed by atoms with Gasteiger partial charge in [0.25, 0.3) is 0 Å². The Labute approximate surface area is 122 Å². The molecule has 116 valence electrons. The van der Waals surface area contributed by atoms with Gasteiger partial charge >= 0.3 is 0 Å². The van der Waals surface area contributed by atoms with E-state index in [4.69, 9.17) is 0 Å². The summed E-state index contributed by atoms with van der Waals surface area (Å²) in [6.45, 7) is 2.21. The van der Waals surface area contributed by atoms with E-state index in [0.717, 1.165) is 25.7 Å². The first-order valence-corrected chi connectivity index (χ1v) is 8.52. The molecular weight excluding hydrogens is 252 g/mol. The van der Waals surface area contributed by atoms with E-state index < -0.39 is 0 Å². The maximum Gasteiger partial charge on any atom is 0.136 e. The van der Waals surface area contributed by atoms with Gasteiger partial charge in [-0.15, -0.1) is 0 Å². The third kappa shape index (κ3) is 3.82. The standard InChI is InChI=1S/C17H30O3/c1-2-3-4-5-6-7-12(18)8-9-13-14-10-17(20)15(14)11-16(13)19/h12-16,18-19H,2-11H2,1H3. The zero-order valence-electron chi connectivity index (χ0n) is 12.8. The predicted molar refractivity (Wildman–Crippen MR) is 79.3 cm³/mol. The summed E-state index contributed by atoms with van der Waals surface area (Å²) in [5, 5.41) is 20.1. The summed E-state index contributed by atoms with van der Waals surface area (Å²) in [4.78, 5) is 11.4. The number of aliphatic hydroxyl groups excluding tert-OH is 2. The Morgan fingerprint density at radius 1 is 1.20 bits per heavy atom. The van der Waals surface area contributed by atoms with Gasteiger partial charge in [-0.1, -0.05) is 39.0 Å². The fourth-order valence-electron chi connectivity index (χ4n) is 4.00. The highest BCUT2D eigenvalue weighted by Crippen LogP contribution is 2.49. The fourth-order valence-corrected chi connectivity index (χ4v) is 4.00. The number of rotatable bonds is 9. The molecule has 2 rings (SSSR count). The van der Waals surface area contributed by atoms with E-state index in [1.54, 1.807) is 0 Å². The topological polar surface area (TPSA) is 57.5 Å². The first-order chi connectivity index (χ1) is 9.63. The van der Waals surface area contributed by atoms with Crippen molar-refractivity contribution in [3.05, 3.63) is 0 Å². The Balaban J connectivity index is 1.59. The number of carbonyl (C=O) groups excluding carboxylic acids is 1. The van der Waals surface area contributed by atoms with Gasteiger partial charge in [0.2, 0.25) is 0 Å². The molecule has 5 unspecified atom stereocenters. The molecule has 0 spiro atoms. The van der Waals surface area contributed by atoms with Crippen LogP contribution in [0.15, 0.2) is 0 Å². The second-order valence-electron chi connectivity index (χ2n) is 6.84. The van der Waals surface area contributed by atoms with Gasteiger partial charge in [-0.05, 0) is 37.5 Å². The first kappa shape index (κ1) is 16.0. The summed E-state index contributed by atoms with van der Waals surface area (Å²) in [7, 11) is 0. The Hall–Kier alpha value is -0.410. The zero-order valence-corrected chi connectivity index (χ0v) is 12.8. The predicted octanol–water partition coefficient (Wildman–Crippen LogP) is 3.07. The lowest BCUT2D eigenvalue weighted by Gasteiger charge is -2.32. The van der Waals surface area contributed by atoms with Crippen molar-refractivity contribution in [2.24, 2.45) is 17.8 Å². The first-order valence-electron chi connectivity index (χ1n) is 8.52. The molecule has 0 radical (unpaired) electrons. The van der Waals surface area contributed by atoms with E-state index in [9.17, 15) is 15.0 Å². The molecule has 0 aromatic carbocycles. The van der Waals surface area contributed by atoms with E-state index >= 15 is 0 Å². The Kier molecular flexibility index (Phi) is 6.03. The zero-order chi connectivity index (χ0) is 14.5. The van der Waals surface area contributed by atoms with Gasteiger partial charge in [0.05, 0.1) is 12.2 Å². The van der Waals surface area contributed by atoms with Crippen LogP contribution < -0.4 is 0 Å². The third-order valence-electron chi connectivity index (χ3n) is 5.38. The highest BCUT2D eigenvalue weighted by atomic mass is 16.3. The van der Waals surface area contributed by atoms with Crippen molar-refractivity contribution < 1.29 is 15.0 Å². The SMILES string of the molecule is CCCCCCCC(O)CCC1C(O)CC2C(=O)CC21. The number of unbranched alkanes of at least 4 members (excludes halogenated alkanes) is 4. The number of hydrogen-bond donors (Lipinski definition) is 2. The maximum absolute atomic E-state index is 11.4. The molecule has 0 aliphatic heterocycles. The number of Topliss-reactive ketones (excluding diaryl/α,β-unsaturated/α-hetero) is 1. The van der Waals surface area contributed by atoms with Crippen LogP contribution in [0.1, 0.15) is 71.1 Å². The quantitative estimate of drug-likeness (QED) is 0.639. The molecule has 20 heavy (non-hydrogen) atoms. The molecule has 0 aromatic heterocycles. The Morgan fingerprint density at radius 2 is 1.95 bits per heavy atom. The lowest BCUT2D eigenvalue weighted by Crippen LogP contribution is -2.36. The average Bonchev–Trinajstić information content (AvgIpc) is 2.68. The number of fused-ring (bicyclic) bond motifs is 1. The van der Waals surface area contributed by atoms with Crippen molar-refractivity contribution in [1.82, 2.24) is 0 Å². The van der Waals surface area contributed by atoms with Gasteiger partial charge in [0, 0.05) is 12.3 Å². The number of aliphatic hydroxyl groups is 2. The number of ketones is 1. The second kappa shape index (κ2) is 7.56. The van der Waals surface area contributed by atoms with Crippen molar-refractivity contribution in [1.29, 1.82) is 0 Å². The van der Waals surface area contributed by atoms with Crippen LogP contribution in [0, 0.1) is 17.8 Å². The van der Waals surface area contributed by atoms with Crippen molar-refractivity contribution in [2.45, 2.75) is 83.3 Å². The van der Waals surface area contributed by atoms with Crippen LogP contribution >= 0.6 is 0 Å². The monoisotopic (exact) mass is 282 g/mol. The highest BCUT2D eigenvalue weighted by Gasteiger charge is 2.52. The van der Waals surface area contributed by atoms with Crippen molar-refractivity contribution in [2.75, 3.05) is 0 Å². The molecule has 2 saturated carbocycles. The van der Waals surface area contributed by atoms with Gasteiger partial charge in [-0.25, -0.2) is 0 Å². The molecular formula is C17H30O3. The maximum atomic E-state index is 11.4. The largest absolute Gasteiger partial charge is 0.393 e.